The molecule has 0 aliphatic heterocycles. The number of halogens is 3. The molecule has 5 nitrogen and oxygen atoms in total. The topological polar surface area (TPSA) is 53.7 Å². The molecule has 2 aromatic rings. The van der Waals surface area contributed by atoms with Crippen molar-refractivity contribution in [2.24, 2.45) is 4.99 Å². The Morgan fingerprint density at radius 1 is 1.43 bits per heavy atom. The molecule has 0 aliphatic rings. The smallest absolute Gasteiger partial charge is 0.193 e. The number of rotatable bonds is 5. The van der Waals surface area contributed by atoms with Gasteiger partial charge >= 0.3 is 0 Å². The minimum absolute atomic E-state index is 0. The van der Waals surface area contributed by atoms with Gasteiger partial charge in [-0.05, 0) is 40.0 Å². The van der Waals surface area contributed by atoms with Gasteiger partial charge in [-0.15, -0.1) is 24.0 Å². The predicted octanol–water partition coefficient (Wildman–Crippen LogP) is 3.44. The number of nitrogens with zero attached hydrogens (tertiary/aromatic N) is 3. The number of hydrogen-bond donors (Lipinski definition) is 1. The molecule has 1 aromatic heterocycles. The molecule has 1 aromatic carbocycles. The lowest BCUT2D eigenvalue weighted by Crippen LogP contribution is -2.39. The molecule has 0 saturated heterocycles. The van der Waals surface area contributed by atoms with Gasteiger partial charge in [0, 0.05) is 26.7 Å². The lowest BCUT2D eigenvalue weighted by Gasteiger charge is -2.21. The first-order valence-electron chi connectivity index (χ1n) is 6.85. The lowest BCUT2D eigenvalue weighted by atomic mass is 10.1. The van der Waals surface area contributed by atoms with E-state index in [2.05, 4.69) is 31.4 Å². The highest BCUT2D eigenvalue weighted by molar-refractivity contribution is 14.0. The zero-order valence-electron chi connectivity index (χ0n) is 12.9. The van der Waals surface area contributed by atoms with Crippen molar-refractivity contribution in [2.45, 2.75) is 13.0 Å². The van der Waals surface area contributed by atoms with E-state index in [9.17, 15) is 4.39 Å². The van der Waals surface area contributed by atoms with Crippen LogP contribution in [0.15, 0.2) is 44.5 Å². The Balaban J connectivity index is 0.00000264. The molecule has 0 amide bonds. The molecule has 8 heteroatoms. The van der Waals surface area contributed by atoms with Gasteiger partial charge in [-0.3, -0.25) is 4.99 Å². The van der Waals surface area contributed by atoms with Crippen LogP contribution in [0.4, 0.5) is 4.39 Å². The molecule has 0 aliphatic carbocycles. The third kappa shape index (κ3) is 6.09. The van der Waals surface area contributed by atoms with Crippen LogP contribution in [0.1, 0.15) is 11.3 Å². The van der Waals surface area contributed by atoms with Gasteiger partial charge in [0.05, 0.1) is 11.0 Å². The summed E-state index contributed by atoms with van der Waals surface area (Å²) >= 11 is 3.19. The Bertz CT molecular complexity index is 636. The van der Waals surface area contributed by atoms with Crippen molar-refractivity contribution < 1.29 is 8.91 Å². The Morgan fingerprint density at radius 2 is 2.22 bits per heavy atom. The van der Waals surface area contributed by atoms with Gasteiger partial charge < -0.3 is 14.7 Å². The first-order valence-corrected chi connectivity index (χ1v) is 7.64. The fourth-order valence-electron chi connectivity index (χ4n) is 2.04. The van der Waals surface area contributed by atoms with E-state index in [1.54, 1.807) is 25.4 Å². The second kappa shape index (κ2) is 9.86. The van der Waals surface area contributed by atoms with Gasteiger partial charge in [0.1, 0.15) is 17.8 Å². The zero-order valence-corrected chi connectivity index (χ0v) is 16.8. The maximum absolute atomic E-state index is 13.2. The van der Waals surface area contributed by atoms with Gasteiger partial charge in [0.25, 0.3) is 0 Å². The van der Waals surface area contributed by atoms with Gasteiger partial charge in [0.2, 0.25) is 0 Å². The van der Waals surface area contributed by atoms with E-state index in [1.165, 1.54) is 6.07 Å². The molecular formula is C15H19BrFIN4O. The lowest BCUT2D eigenvalue weighted by molar-refractivity contribution is 0.391. The summed E-state index contributed by atoms with van der Waals surface area (Å²) in [7, 11) is 3.66. The standard InChI is InChI=1S/C15H18BrFN4O.HI/c1-18-15(21(2)10-12-6-8-22-20-12)19-7-5-11-3-4-14(17)13(16)9-11;/h3-4,6,8-9H,5,7,10H2,1-2H3,(H,18,19);1H. The van der Waals surface area contributed by atoms with E-state index in [4.69, 9.17) is 4.52 Å². The molecule has 0 spiro atoms. The third-order valence-electron chi connectivity index (χ3n) is 3.14. The van der Waals surface area contributed by atoms with Crippen LogP contribution in [0.3, 0.4) is 0 Å². The van der Waals surface area contributed by atoms with Gasteiger partial charge in [0.15, 0.2) is 5.96 Å². The average molecular weight is 497 g/mol. The van der Waals surface area contributed by atoms with Crippen LogP contribution >= 0.6 is 39.9 Å². The summed E-state index contributed by atoms with van der Waals surface area (Å²) in [5, 5.41) is 7.15. The fraction of sp³-hybridized carbons (Fsp3) is 0.333. The molecule has 126 valence electrons. The Labute approximate surface area is 160 Å². The Morgan fingerprint density at radius 3 is 2.83 bits per heavy atom. The second-order valence-corrected chi connectivity index (χ2v) is 5.67. The summed E-state index contributed by atoms with van der Waals surface area (Å²) in [6.07, 6.45) is 2.32. The number of guanidine groups is 1. The summed E-state index contributed by atoms with van der Waals surface area (Å²) in [5.74, 6) is 0.518. The minimum atomic E-state index is -0.250. The predicted molar refractivity (Wildman–Crippen MR) is 103 cm³/mol. The van der Waals surface area contributed by atoms with Crippen molar-refractivity contribution in [1.82, 2.24) is 15.4 Å². The number of benzene rings is 1. The van der Waals surface area contributed by atoms with Gasteiger partial charge in [-0.2, -0.15) is 0 Å². The normalized spacial score (nSPS) is 11.0. The summed E-state index contributed by atoms with van der Waals surface area (Å²) in [6.45, 7) is 1.31. The van der Waals surface area contributed by atoms with Crippen molar-refractivity contribution in [3.05, 3.63) is 52.1 Å². The largest absolute Gasteiger partial charge is 0.364 e. The zero-order chi connectivity index (χ0) is 15.9. The minimum Gasteiger partial charge on any atom is -0.364 e. The quantitative estimate of drug-likeness (QED) is 0.391. The molecule has 0 unspecified atom stereocenters. The monoisotopic (exact) mass is 496 g/mol. The SMILES string of the molecule is CN=C(NCCc1ccc(F)c(Br)c1)N(C)Cc1ccon1.I. The van der Waals surface area contributed by atoms with Crippen LogP contribution in [0.2, 0.25) is 0 Å². The average Bonchev–Trinajstić information content (AvgIpc) is 3.00. The van der Waals surface area contributed by atoms with E-state index in [1.807, 2.05) is 18.0 Å². The molecule has 0 fully saturated rings. The number of aromatic nitrogens is 1. The number of hydrogen-bond acceptors (Lipinski definition) is 3. The van der Waals surface area contributed by atoms with Gasteiger partial charge in [-0.25, -0.2) is 4.39 Å². The van der Waals surface area contributed by atoms with Crippen molar-refractivity contribution in [3.63, 3.8) is 0 Å². The number of aliphatic imine (C=N–C) groups is 1. The summed E-state index contributed by atoms with van der Waals surface area (Å²) in [6, 6.07) is 6.85. The molecule has 1 heterocycles. The molecule has 23 heavy (non-hydrogen) atoms. The first-order chi connectivity index (χ1) is 10.6. The highest BCUT2D eigenvalue weighted by atomic mass is 127. The molecule has 2 rings (SSSR count). The van der Waals surface area contributed by atoms with E-state index < -0.39 is 0 Å². The van der Waals surface area contributed by atoms with Crippen LogP contribution in [-0.2, 0) is 13.0 Å². The highest BCUT2D eigenvalue weighted by Crippen LogP contribution is 2.16. The van der Waals surface area contributed by atoms with E-state index in [-0.39, 0.29) is 29.8 Å². The molecule has 1 N–H and O–H groups in total. The molecular weight excluding hydrogens is 478 g/mol. The first kappa shape index (κ1) is 19.9. The maximum atomic E-state index is 13.2. The van der Waals surface area contributed by atoms with Crippen LogP contribution in [-0.4, -0.2) is 36.7 Å². The molecule has 0 atom stereocenters. The van der Waals surface area contributed by atoms with Crippen molar-refractivity contribution in [2.75, 3.05) is 20.6 Å². The van der Waals surface area contributed by atoms with E-state index >= 15 is 0 Å². The summed E-state index contributed by atoms with van der Waals surface area (Å²) in [4.78, 5) is 6.19. The highest BCUT2D eigenvalue weighted by Gasteiger charge is 2.08. The second-order valence-electron chi connectivity index (χ2n) is 4.82. The molecule has 0 bridgehead atoms. The van der Waals surface area contributed by atoms with Crippen LogP contribution in [0.25, 0.3) is 0 Å². The number of nitrogens with one attached hydrogen (secondary N) is 1. The van der Waals surface area contributed by atoms with Crippen molar-refractivity contribution in [1.29, 1.82) is 0 Å². The Kier molecular flexibility index (Phi) is 8.53. The fourth-order valence-corrected chi connectivity index (χ4v) is 2.46. The molecule has 0 radical (unpaired) electrons. The van der Waals surface area contributed by atoms with Crippen molar-refractivity contribution >= 4 is 45.9 Å². The van der Waals surface area contributed by atoms with Crippen molar-refractivity contribution in [3.8, 4) is 0 Å². The van der Waals surface area contributed by atoms with Crippen LogP contribution < -0.4 is 5.32 Å². The summed E-state index contributed by atoms with van der Waals surface area (Å²) in [5.41, 5.74) is 1.89. The van der Waals surface area contributed by atoms with Gasteiger partial charge in [-0.1, -0.05) is 11.2 Å². The van der Waals surface area contributed by atoms with E-state index in [0.717, 1.165) is 23.6 Å². The summed E-state index contributed by atoms with van der Waals surface area (Å²) < 4.78 is 18.5. The van der Waals surface area contributed by atoms with Crippen LogP contribution in [0, 0.1) is 5.82 Å². The maximum Gasteiger partial charge on any atom is 0.193 e. The van der Waals surface area contributed by atoms with E-state index in [0.29, 0.717) is 17.6 Å². The van der Waals surface area contributed by atoms with Crippen LogP contribution in [0.5, 0.6) is 0 Å². The molecule has 0 saturated carbocycles. The Hall–Kier alpha value is -1.16. The third-order valence-corrected chi connectivity index (χ3v) is 3.75.